The van der Waals surface area contributed by atoms with Crippen LogP contribution in [-0.2, 0) is 9.59 Å². The molecule has 0 bridgehead atoms. The van der Waals surface area contributed by atoms with Crippen LogP contribution in [0.2, 0.25) is 0 Å². The maximum absolute atomic E-state index is 11.4. The van der Waals surface area contributed by atoms with Gasteiger partial charge in [0.05, 0.1) is 0 Å². The van der Waals surface area contributed by atoms with Crippen molar-refractivity contribution in [3.8, 4) is 0 Å². The molecule has 0 unspecified atom stereocenters. The van der Waals surface area contributed by atoms with Gasteiger partial charge in [-0.3, -0.25) is 4.79 Å². The van der Waals surface area contributed by atoms with E-state index in [2.05, 4.69) is 6.92 Å². The van der Waals surface area contributed by atoms with Crippen LogP contribution in [0.25, 0.3) is 0 Å². The molecule has 0 rings (SSSR count). The lowest BCUT2D eigenvalue weighted by Crippen LogP contribution is -2.52. The molecular formula is C17H36N2O3. The minimum absolute atomic E-state index is 0. The average molecular weight is 316 g/mol. The molecule has 0 aromatic rings. The van der Waals surface area contributed by atoms with Crippen molar-refractivity contribution < 1.29 is 14.7 Å². The van der Waals surface area contributed by atoms with Crippen LogP contribution in [0.4, 0.5) is 0 Å². The van der Waals surface area contributed by atoms with Crippen molar-refractivity contribution >= 4 is 11.9 Å². The molecule has 0 saturated heterocycles. The van der Waals surface area contributed by atoms with Gasteiger partial charge in [-0.05, 0) is 13.3 Å². The van der Waals surface area contributed by atoms with Gasteiger partial charge in [-0.2, -0.15) is 0 Å². The van der Waals surface area contributed by atoms with E-state index in [1.807, 2.05) is 0 Å². The average Bonchev–Trinajstić information content (AvgIpc) is 2.44. The summed E-state index contributed by atoms with van der Waals surface area (Å²) in [6.45, 7) is 5.27. The minimum Gasteiger partial charge on any atom is -0.480 e. The van der Waals surface area contributed by atoms with Gasteiger partial charge in [-0.25, -0.2) is 4.79 Å². The van der Waals surface area contributed by atoms with Gasteiger partial charge in [-0.15, -0.1) is 0 Å². The summed E-state index contributed by atoms with van der Waals surface area (Å²) >= 11 is 0. The summed E-state index contributed by atoms with van der Waals surface area (Å²) in [7, 11) is 1.57. The summed E-state index contributed by atoms with van der Waals surface area (Å²) in [4.78, 5) is 24.2. The lowest BCUT2D eigenvalue weighted by atomic mass is 9.92. The number of likely N-dealkylation sites (N-methyl/N-ethyl adjacent to an activating group) is 1. The molecule has 1 amide bonds. The zero-order valence-corrected chi connectivity index (χ0v) is 15.0. The zero-order chi connectivity index (χ0) is 16.3. The molecule has 0 saturated carbocycles. The second-order valence-electron chi connectivity index (χ2n) is 6.24. The van der Waals surface area contributed by atoms with E-state index in [4.69, 9.17) is 0 Å². The van der Waals surface area contributed by atoms with E-state index in [-0.39, 0.29) is 12.1 Å². The molecule has 0 fully saturated rings. The molecule has 5 nitrogen and oxygen atoms in total. The van der Waals surface area contributed by atoms with E-state index < -0.39 is 11.5 Å². The van der Waals surface area contributed by atoms with Crippen molar-refractivity contribution in [2.24, 2.45) is 0 Å². The number of unbranched alkanes of at least 4 members (excludes halogenated alkanes) is 8. The predicted molar refractivity (Wildman–Crippen MR) is 91.4 cm³/mol. The molecule has 0 spiro atoms. The lowest BCUT2D eigenvalue weighted by Gasteiger charge is -2.34. The van der Waals surface area contributed by atoms with E-state index in [1.165, 1.54) is 50.3 Å². The van der Waals surface area contributed by atoms with Crippen LogP contribution < -0.4 is 6.15 Å². The third-order valence-electron chi connectivity index (χ3n) is 4.44. The molecule has 0 aliphatic heterocycles. The van der Waals surface area contributed by atoms with Crippen LogP contribution in [0.1, 0.15) is 85.0 Å². The number of carboxylic acid groups (broad SMARTS) is 1. The van der Waals surface area contributed by atoms with Crippen molar-refractivity contribution in [2.75, 3.05) is 7.05 Å². The first-order valence-corrected chi connectivity index (χ1v) is 8.34. The second-order valence-corrected chi connectivity index (χ2v) is 6.24. The minimum atomic E-state index is -1.08. The Kier molecular flexibility index (Phi) is 13.1. The monoisotopic (exact) mass is 316 g/mol. The van der Waals surface area contributed by atoms with Crippen LogP contribution in [0.3, 0.4) is 0 Å². The predicted octanol–water partition coefficient (Wildman–Crippen LogP) is 4.39. The highest BCUT2D eigenvalue weighted by molar-refractivity contribution is 5.85. The number of carbonyl (C=O) groups is 2. The van der Waals surface area contributed by atoms with Crippen LogP contribution in [-0.4, -0.2) is 34.5 Å². The van der Waals surface area contributed by atoms with Crippen molar-refractivity contribution in [3.05, 3.63) is 0 Å². The normalized spacial score (nSPS) is 13.1. The molecule has 132 valence electrons. The Labute approximate surface area is 136 Å². The number of carboxylic acids is 1. The summed E-state index contributed by atoms with van der Waals surface area (Å²) in [5.41, 5.74) is -1.08. The third kappa shape index (κ3) is 8.37. The second kappa shape index (κ2) is 12.4. The highest BCUT2D eigenvalue weighted by Crippen LogP contribution is 2.22. The molecule has 0 aliphatic rings. The topological polar surface area (TPSA) is 92.6 Å². The molecule has 0 aliphatic carbocycles. The number of nitrogens with zero attached hydrogens (tertiary/aromatic N) is 1. The van der Waals surface area contributed by atoms with Gasteiger partial charge in [0.2, 0.25) is 5.91 Å². The van der Waals surface area contributed by atoms with Crippen molar-refractivity contribution in [1.82, 2.24) is 11.1 Å². The Hall–Kier alpha value is -1.10. The van der Waals surface area contributed by atoms with E-state index >= 15 is 0 Å². The van der Waals surface area contributed by atoms with E-state index in [9.17, 15) is 14.7 Å². The Morgan fingerprint density at radius 1 is 0.955 bits per heavy atom. The Balaban J connectivity index is 0. The summed E-state index contributed by atoms with van der Waals surface area (Å²) < 4.78 is 0. The molecule has 0 aromatic carbocycles. The smallest absolute Gasteiger partial charge is 0.329 e. The number of hydrogen-bond donors (Lipinski definition) is 2. The highest BCUT2D eigenvalue weighted by atomic mass is 16.4. The first-order chi connectivity index (χ1) is 9.86. The first kappa shape index (κ1) is 23.2. The van der Waals surface area contributed by atoms with Gasteiger partial charge in [0.1, 0.15) is 5.54 Å². The van der Waals surface area contributed by atoms with E-state index in [0.29, 0.717) is 6.42 Å². The number of hydrogen-bond acceptors (Lipinski definition) is 3. The molecule has 0 aromatic heterocycles. The number of rotatable bonds is 12. The molecule has 22 heavy (non-hydrogen) atoms. The van der Waals surface area contributed by atoms with Crippen LogP contribution in [0.15, 0.2) is 0 Å². The quantitative estimate of drug-likeness (QED) is 0.522. The van der Waals surface area contributed by atoms with Gasteiger partial charge in [0.25, 0.3) is 0 Å². The van der Waals surface area contributed by atoms with Crippen molar-refractivity contribution in [2.45, 2.75) is 90.5 Å². The Morgan fingerprint density at radius 2 is 1.36 bits per heavy atom. The van der Waals surface area contributed by atoms with Gasteiger partial charge in [0, 0.05) is 14.0 Å². The van der Waals surface area contributed by atoms with Gasteiger partial charge < -0.3 is 16.2 Å². The zero-order valence-electron chi connectivity index (χ0n) is 15.0. The molecular weight excluding hydrogens is 280 g/mol. The van der Waals surface area contributed by atoms with Crippen molar-refractivity contribution in [1.29, 1.82) is 0 Å². The summed E-state index contributed by atoms with van der Waals surface area (Å²) in [6, 6.07) is 0. The van der Waals surface area contributed by atoms with Crippen molar-refractivity contribution in [3.63, 3.8) is 0 Å². The van der Waals surface area contributed by atoms with Crippen LogP contribution >= 0.6 is 0 Å². The molecule has 4 N–H and O–H groups in total. The summed E-state index contributed by atoms with van der Waals surface area (Å²) in [5, 5.41) is 9.38. The van der Waals surface area contributed by atoms with Crippen LogP contribution in [0.5, 0.6) is 0 Å². The largest absolute Gasteiger partial charge is 0.480 e. The summed E-state index contributed by atoms with van der Waals surface area (Å²) in [6.07, 6.45) is 11.3. The number of amides is 1. The maximum Gasteiger partial charge on any atom is 0.329 e. The van der Waals surface area contributed by atoms with Gasteiger partial charge >= 0.3 is 5.97 Å². The fourth-order valence-electron chi connectivity index (χ4n) is 2.55. The first-order valence-electron chi connectivity index (χ1n) is 8.34. The number of aliphatic carboxylic acids is 1. The third-order valence-corrected chi connectivity index (χ3v) is 4.44. The van der Waals surface area contributed by atoms with Gasteiger partial charge in [-0.1, -0.05) is 64.7 Å². The maximum atomic E-state index is 11.4. The van der Waals surface area contributed by atoms with Crippen LogP contribution in [0, 0.1) is 0 Å². The lowest BCUT2D eigenvalue weighted by molar-refractivity contribution is -0.156. The molecule has 1 atom stereocenters. The van der Waals surface area contributed by atoms with E-state index in [0.717, 1.165) is 19.3 Å². The molecule has 5 heteroatoms. The SMILES string of the molecule is CCCCCCCCCCC[C@@](C)(C(=O)O)N(C)C(C)=O.N. The fraction of sp³-hybridized carbons (Fsp3) is 0.882. The molecule has 0 radical (unpaired) electrons. The Bertz CT molecular complexity index is 321. The summed E-state index contributed by atoms with van der Waals surface area (Å²) in [5.74, 6) is -1.12. The fourth-order valence-corrected chi connectivity index (χ4v) is 2.55. The standard InChI is InChI=1S/C17H33NO3.H3N/c1-5-6-7-8-9-10-11-12-13-14-17(3,16(20)21)18(4)15(2)19;/h5-14H2,1-4H3,(H,20,21);1H3/t17-;/m0./s1. The Morgan fingerprint density at radius 3 is 1.73 bits per heavy atom. The molecule has 0 heterocycles. The highest BCUT2D eigenvalue weighted by Gasteiger charge is 2.38. The van der Waals surface area contributed by atoms with Gasteiger partial charge in [0.15, 0.2) is 0 Å². The number of carbonyl (C=O) groups excluding carboxylic acids is 1. The van der Waals surface area contributed by atoms with E-state index in [1.54, 1.807) is 14.0 Å².